The van der Waals surface area contributed by atoms with Gasteiger partial charge in [-0.15, -0.1) is 0 Å². The molecule has 3 rings (SSSR count). The fourth-order valence-corrected chi connectivity index (χ4v) is 2.93. The normalized spacial score (nSPS) is 11.2. The quantitative estimate of drug-likeness (QED) is 0.557. The molecule has 0 saturated carbocycles. The molecule has 0 bridgehead atoms. The standard InChI is InChI=1S/C21H18ClF3N4O3/c1-12-3-4-13(2)17(9-12)32-11-18(30)27-28-20(31)16-10-26-29(19(16)21(23,24)25)15-7-5-14(22)6-8-15/h3-10H,11H2,1-2H3,(H,27,30)(H,28,31). The monoisotopic (exact) mass is 466 g/mol. The van der Waals surface area contributed by atoms with Gasteiger partial charge in [0.2, 0.25) is 0 Å². The number of benzene rings is 2. The van der Waals surface area contributed by atoms with E-state index in [0.29, 0.717) is 15.5 Å². The second-order valence-electron chi connectivity index (χ2n) is 6.85. The summed E-state index contributed by atoms with van der Waals surface area (Å²) in [6, 6.07) is 10.9. The molecule has 0 radical (unpaired) electrons. The number of ether oxygens (including phenoxy) is 1. The van der Waals surface area contributed by atoms with Crippen LogP contribution in [0.5, 0.6) is 5.75 Å². The Labute approximate surface area is 186 Å². The van der Waals surface area contributed by atoms with Gasteiger partial charge in [0.15, 0.2) is 12.3 Å². The van der Waals surface area contributed by atoms with Crippen LogP contribution >= 0.6 is 11.6 Å². The van der Waals surface area contributed by atoms with E-state index in [1.165, 1.54) is 24.3 Å². The van der Waals surface area contributed by atoms with Crippen LogP contribution < -0.4 is 15.6 Å². The van der Waals surface area contributed by atoms with E-state index in [4.69, 9.17) is 16.3 Å². The molecular formula is C21H18ClF3N4O3. The number of amides is 2. The number of aryl methyl sites for hydroxylation is 2. The van der Waals surface area contributed by atoms with Gasteiger partial charge >= 0.3 is 6.18 Å². The van der Waals surface area contributed by atoms with Crippen molar-refractivity contribution < 1.29 is 27.5 Å². The molecule has 0 fully saturated rings. The Morgan fingerprint density at radius 2 is 1.78 bits per heavy atom. The van der Waals surface area contributed by atoms with E-state index < -0.39 is 35.9 Å². The number of halogens is 4. The second kappa shape index (κ2) is 9.31. The second-order valence-corrected chi connectivity index (χ2v) is 7.29. The number of nitrogens with one attached hydrogen (secondary N) is 2. The molecule has 32 heavy (non-hydrogen) atoms. The number of hydrogen-bond donors (Lipinski definition) is 2. The Bertz CT molecular complexity index is 1140. The van der Waals surface area contributed by atoms with Gasteiger partial charge in [-0.05, 0) is 55.3 Å². The molecule has 1 aromatic heterocycles. The van der Waals surface area contributed by atoms with Gasteiger partial charge in [0.1, 0.15) is 5.75 Å². The summed E-state index contributed by atoms with van der Waals surface area (Å²) in [5.74, 6) is -1.45. The molecule has 7 nitrogen and oxygen atoms in total. The van der Waals surface area contributed by atoms with Crippen LogP contribution in [0.3, 0.4) is 0 Å². The van der Waals surface area contributed by atoms with E-state index in [-0.39, 0.29) is 5.69 Å². The van der Waals surface area contributed by atoms with Crippen molar-refractivity contribution in [1.29, 1.82) is 0 Å². The first-order valence-corrected chi connectivity index (χ1v) is 9.64. The molecule has 0 aliphatic heterocycles. The number of hydrogen-bond acceptors (Lipinski definition) is 4. The maximum Gasteiger partial charge on any atom is 0.434 e. The first-order chi connectivity index (χ1) is 15.1. The topological polar surface area (TPSA) is 85.2 Å². The Morgan fingerprint density at radius 1 is 1.09 bits per heavy atom. The lowest BCUT2D eigenvalue weighted by molar-refractivity contribution is -0.143. The smallest absolute Gasteiger partial charge is 0.434 e. The number of rotatable bonds is 5. The van der Waals surface area contributed by atoms with Crippen molar-refractivity contribution in [2.75, 3.05) is 6.61 Å². The maximum absolute atomic E-state index is 13.7. The summed E-state index contributed by atoms with van der Waals surface area (Å²) in [5, 5.41) is 4.01. The van der Waals surface area contributed by atoms with Crippen LogP contribution in [-0.2, 0) is 11.0 Å². The fraction of sp³-hybridized carbons (Fsp3) is 0.190. The van der Waals surface area contributed by atoms with Crippen LogP contribution in [0.2, 0.25) is 5.02 Å². The van der Waals surface area contributed by atoms with E-state index in [9.17, 15) is 22.8 Å². The van der Waals surface area contributed by atoms with Crippen molar-refractivity contribution in [1.82, 2.24) is 20.6 Å². The van der Waals surface area contributed by atoms with E-state index in [1.54, 1.807) is 13.0 Å². The van der Waals surface area contributed by atoms with Crippen LogP contribution in [0.1, 0.15) is 27.2 Å². The number of alkyl halides is 3. The molecule has 0 spiro atoms. The minimum atomic E-state index is -4.89. The van der Waals surface area contributed by atoms with Crippen molar-refractivity contribution in [2.24, 2.45) is 0 Å². The van der Waals surface area contributed by atoms with Crippen molar-refractivity contribution in [3.8, 4) is 11.4 Å². The van der Waals surface area contributed by atoms with Gasteiger partial charge in [-0.2, -0.15) is 18.3 Å². The van der Waals surface area contributed by atoms with Gasteiger partial charge in [-0.25, -0.2) is 4.68 Å². The molecule has 0 atom stereocenters. The Balaban J connectivity index is 1.70. The van der Waals surface area contributed by atoms with Gasteiger partial charge in [0, 0.05) is 5.02 Å². The van der Waals surface area contributed by atoms with Crippen LogP contribution in [0.4, 0.5) is 13.2 Å². The molecule has 0 aliphatic rings. The molecular weight excluding hydrogens is 449 g/mol. The predicted molar refractivity (Wildman–Crippen MR) is 111 cm³/mol. The number of carbonyl (C=O) groups is 2. The Kier molecular flexibility index (Phi) is 6.73. The molecule has 11 heteroatoms. The zero-order valence-electron chi connectivity index (χ0n) is 17.0. The molecule has 0 unspecified atom stereocenters. The van der Waals surface area contributed by atoms with Crippen LogP contribution in [0.25, 0.3) is 5.69 Å². The van der Waals surface area contributed by atoms with Gasteiger partial charge < -0.3 is 4.74 Å². The number of aromatic nitrogens is 2. The van der Waals surface area contributed by atoms with E-state index in [1.807, 2.05) is 29.9 Å². The summed E-state index contributed by atoms with van der Waals surface area (Å²) in [6.45, 7) is 3.21. The molecule has 2 amide bonds. The largest absolute Gasteiger partial charge is 0.483 e. The minimum Gasteiger partial charge on any atom is -0.483 e. The highest BCUT2D eigenvalue weighted by atomic mass is 35.5. The Hall–Kier alpha value is -3.53. The van der Waals surface area contributed by atoms with Gasteiger partial charge in [0.05, 0.1) is 17.4 Å². The van der Waals surface area contributed by atoms with E-state index in [0.717, 1.165) is 17.3 Å². The SMILES string of the molecule is Cc1ccc(C)c(OCC(=O)NNC(=O)c2cnn(-c3ccc(Cl)cc3)c2C(F)(F)F)c1. The molecule has 0 saturated heterocycles. The summed E-state index contributed by atoms with van der Waals surface area (Å²) in [4.78, 5) is 24.3. The summed E-state index contributed by atoms with van der Waals surface area (Å²) in [7, 11) is 0. The summed E-state index contributed by atoms with van der Waals surface area (Å²) < 4.78 is 47.0. The van der Waals surface area contributed by atoms with Crippen LogP contribution in [-0.4, -0.2) is 28.2 Å². The highest BCUT2D eigenvalue weighted by Crippen LogP contribution is 2.33. The molecule has 3 aromatic rings. The zero-order valence-corrected chi connectivity index (χ0v) is 17.7. The average Bonchev–Trinajstić information content (AvgIpc) is 3.19. The third-order valence-corrected chi connectivity index (χ3v) is 4.62. The highest BCUT2D eigenvalue weighted by molar-refractivity contribution is 6.30. The lowest BCUT2D eigenvalue weighted by atomic mass is 10.1. The number of nitrogens with zero attached hydrogens (tertiary/aromatic N) is 2. The van der Waals surface area contributed by atoms with Crippen molar-refractivity contribution in [2.45, 2.75) is 20.0 Å². The molecule has 0 aliphatic carbocycles. The minimum absolute atomic E-state index is 0.0618. The van der Waals surface area contributed by atoms with Crippen molar-refractivity contribution in [3.05, 3.63) is 76.1 Å². The molecule has 2 aromatic carbocycles. The number of carbonyl (C=O) groups excluding carboxylic acids is 2. The molecule has 1 heterocycles. The lowest BCUT2D eigenvalue weighted by Crippen LogP contribution is -2.44. The summed E-state index contributed by atoms with van der Waals surface area (Å²) >= 11 is 5.77. The Morgan fingerprint density at radius 3 is 2.44 bits per heavy atom. The predicted octanol–water partition coefficient (Wildman–Crippen LogP) is 4.00. The van der Waals surface area contributed by atoms with Gasteiger partial charge in [-0.3, -0.25) is 20.4 Å². The van der Waals surface area contributed by atoms with Crippen molar-refractivity contribution >= 4 is 23.4 Å². The van der Waals surface area contributed by atoms with E-state index in [2.05, 4.69) is 5.10 Å². The lowest BCUT2D eigenvalue weighted by Gasteiger charge is -2.13. The van der Waals surface area contributed by atoms with Gasteiger partial charge in [0.25, 0.3) is 11.8 Å². The first kappa shape index (κ1) is 23.1. The zero-order chi connectivity index (χ0) is 23.5. The van der Waals surface area contributed by atoms with Crippen LogP contribution in [0.15, 0.2) is 48.7 Å². The van der Waals surface area contributed by atoms with E-state index >= 15 is 0 Å². The third kappa shape index (κ3) is 5.38. The maximum atomic E-state index is 13.7. The summed E-state index contributed by atoms with van der Waals surface area (Å²) in [5.41, 5.74) is 3.73. The van der Waals surface area contributed by atoms with Crippen LogP contribution in [0, 0.1) is 13.8 Å². The summed E-state index contributed by atoms with van der Waals surface area (Å²) in [6.07, 6.45) is -4.12. The molecule has 168 valence electrons. The first-order valence-electron chi connectivity index (χ1n) is 9.26. The average molecular weight is 467 g/mol. The highest BCUT2D eigenvalue weighted by Gasteiger charge is 2.40. The van der Waals surface area contributed by atoms with Crippen molar-refractivity contribution in [3.63, 3.8) is 0 Å². The molecule has 2 N–H and O–H groups in total. The van der Waals surface area contributed by atoms with Gasteiger partial charge in [-0.1, -0.05) is 23.7 Å². The number of hydrazine groups is 1. The fourth-order valence-electron chi connectivity index (χ4n) is 2.80. The third-order valence-electron chi connectivity index (χ3n) is 4.37.